The van der Waals surface area contributed by atoms with E-state index in [9.17, 15) is 9.90 Å². The van der Waals surface area contributed by atoms with Crippen LogP contribution in [0.2, 0.25) is 0 Å². The highest BCUT2D eigenvalue weighted by Crippen LogP contribution is 2.41. The van der Waals surface area contributed by atoms with Crippen molar-refractivity contribution in [1.82, 2.24) is 9.80 Å². The number of carboxylic acids is 1. The molecule has 1 saturated heterocycles. The molecule has 1 atom stereocenters. The second-order valence-electron chi connectivity index (χ2n) is 8.54. The number of hydrogen-bond acceptors (Lipinski definition) is 4. The second kappa shape index (κ2) is 6.61. The van der Waals surface area contributed by atoms with Crippen LogP contribution >= 0.6 is 0 Å². The van der Waals surface area contributed by atoms with Crippen molar-refractivity contribution < 1.29 is 14.6 Å². The van der Waals surface area contributed by atoms with E-state index in [-0.39, 0.29) is 5.41 Å². The Labute approximate surface area is 150 Å². The van der Waals surface area contributed by atoms with Gasteiger partial charge in [0.25, 0.3) is 0 Å². The smallest absolute Gasteiger partial charge is 0.339 e. The van der Waals surface area contributed by atoms with Crippen LogP contribution in [-0.2, 0) is 12.0 Å². The van der Waals surface area contributed by atoms with Gasteiger partial charge in [0, 0.05) is 43.2 Å². The third-order valence-corrected chi connectivity index (χ3v) is 5.58. The lowest BCUT2D eigenvalue weighted by Gasteiger charge is -2.42. The SMILES string of the molecule is CC(C)[C@H]1CN(C)CCN1Cc1cc(C(=O)O)c2c(c1)C(C)(C)CO2. The van der Waals surface area contributed by atoms with Gasteiger partial charge in [0.15, 0.2) is 0 Å². The minimum atomic E-state index is -0.908. The van der Waals surface area contributed by atoms with Gasteiger partial charge in [0.2, 0.25) is 0 Å². The molecule has 1 N–H and O–H groups in total. The highest BCUT2D eigenvalue weighted by molar-refractivity contribution is 5.92. The Bertz CT molecular complexity index is 669. The van der Waals surface area contributed by atoms with Crippen LogP contribution in [0.4, 0.5) is 0 Å². The predicted molar refractivity (Wildman–Crippen MR) is 98.5 cm³/mol. The molecular weight excluding hydrogens is 316 g/mol. The van der Waals surface area contributed by atoms with E-state index in [0.717, 1.165) is 37.3 Å². The first-order valence-corrected chi connectivity index (χ1v) is 9.15. The summed E-state index contributed by atoms with van der Waals surface area (Å²) in [6.07, 6.45) is 0. The summed E-state index contributed by atoms with van der Waals surface area (Å²) in [5.41, 5.74) is 2.26. The maximum absolute atomic E-state index is 11.7. The van der Waals surface area contributed by atoms with Crippen LogP contribution in [0.1, 0.15) is 49.2 Å². The Balaban J connectivity index is 1.93. The molecule has 2 aliphatic rings. The second-order valence-corrected chi connectivity index (χ2v) is 8.54. The molecule has 3 rings (SSSR count). The molecule has 0 unspecified atom stereocenters. The van der Waals surface area contributed by atoms with E-state index in [0.29, 0.717) is 29.9 Å². The molecule has 138 valence electrons. The minimum Gasteiger partial charge on any atom is -0.491 e. The molecule has 1 fully saturated rings. The summed E-state index contributed by atoms with van der Waals surface area (Å²) >= 11 is 0. The molecule has 1 aromatic rings. The van der Waals surface area contributed by atoms with Crippen LogP contribution in [0, 0.1) is 5.92 Å². The molecule has 0 spiro atoms. The van der Waals surface area contributed by atoms with Crippen molar-refractivity contribution in [2.75, 3.05) is 33.3 Å². The molecule has 0 bridgehead atoms. The van der Waals surface area contributed by atoms with E-state index in [1.807, 2.05) is 0 Å². The number of rotatable bonds is 4. The van der Waals surface area contributed by atoms with Crippen LogP contribution in [0.15, 0.2) is 12.1 Å². The number of ether oxygens (including phenoxy) is 1. The number of fused-ring (bicyclic) bond motifs is 1. The largest absolute Gasteiger partial charge is 0.491 e. The molecule has 2 heterocycles. The molecule has 0 amide bonds. The van der Waals surface area contributed by atoms with Crippen molar-refractivity contribution in [2.24, 2.45) is 5.92 Å². The molecule has 5 heteroatoms. The monoisotopic (exact) mass is 346 g/mol. The Morgan fingerprint density at radius 1 is 1.36 bits per heavy atom. The van der Waals surface area contributed by atoms with Gasteiger partial charge in [-0.25, -0.2) is 4.79 Å². The van der Waals surface area contributed by atoms with Gasteiger partial charge in [-0.3, -0.25) is 4.90 Å². The highest BCUT2D eigenvalue weighted by atomic mass is 16.5. The van der Waals surface area contributed by atoms with Crippen molar-refractivity contribution in [1.29, 1.82) is 0 Å². The number of benzene rings is 1. The molecule has 0 saturated carbocycles. The quantitative estimate of drug-likeness (QED) is 0.908. The zero-order chi connectivity index (χ0) is 18.4. The molecular formula is C20H30N2O3. The number of hydrogen-bond donors (Lipinski definition) is 1. The summed E-state index contributed by atoms with van der Waals surface area (Å²) in [7, 11) is 2.17. The maximum atomic E-state index is 11.7. The van der Waals surface area contributed by atoms with Crippen LogP contribution in [0.5, 0.6) is 5.75 Å². The fourth-order valence-electron chi connectivity index (χ4n) is 3.98. The fraction of sp³-hybridized carbons (Fsp3) is 0.650. The van der Waals surface area contributed by atoms with E-state index >= 15 is 0 Å². The first kappa shape index (κ1) is 18.2. The van der Waals surface area contributed by atoms with Crippen LogP contribution < -0.4 is 4.74 Å². The summed E-state index contributed by atoms with van der Waals surface area (Å²) in [6.45, 7) is 13.2. The zero-order valence-electron chi connectivity index (χ0n) is 16.0. The Hall–Kier alpha value is -1.59. The molecule has 2 aliphatic heterocycles. The average Bonchev–Trinajstić information content (AvgIpc) is 2.83. The van der Waals surface area contributed by atoms with Crippen molar-refractivity contribution in [3.8, 4) is 5.75 Å². The molecule has 1 aromatic carbocycles. The summed E-state index contributed by atoms with van der Waals surface area (Å²) in [5, 5.41) is 9.62. The standard InChI is InChI=1S/C20H30N2O3/c1-13(2)17-11-21(5)6-7-22(17)10-14-8-15(19(23)24)18-16(9-14)20(3,4)12-25-18/h8-9,13,17H,6-7,10-12H2,1-5H3,(H,23,24)/t17-/m1/s1. The Morgan fingerprint density at radius 2 is 2.08 bits per heavy atom. The van der Waals surface area contributed by atoms with E-state index in [1.54, 1.807) is 6.07 Å². The van der Waals surface area contributed by atoms with Crippen molar-refractivity contribution in [2.45, 2.75) is 45.7 Å². The fourth-order valence-corrected chi connectivity index (χ4v) is 3.98. The number of nitrogens with zero attached hydrogens (tertiary/aromatic N) is 2. The lowest BCUT2D eigenvalue weighted by atomic mass is 9.85. The summed E-state index contributed by atoms with van der Waals surface area (Å²) in [4.78, 5) is 16.6. The normalized spacial score (nSPS) is 23.5. The lowest BCUT2D eigenvalue weighted by molar-refractivity contribution is 0.0569. The number of likely N-dealkylation sites (N-methyl/N-ethyl adjacent to an activating group) is 1. The number of aromatic carboxylic acids is 1. The van der Waals surface area contributed by atoms with Crippen molar-refractivity contribution >= 4 is 5.97 Å². The average molecular weight is 346 g/mol. The van der Waals surface area contributed by atoms with Crippen LogP contribution in [-0.4, -0.2) is 60.2 Å². The minimum absolute atomic E-state index is 0.144. The lowest BCUT2D eigenvalue weighted by Crippen LogP contribution is -2.53. The molecule has 0 aromatic heterocycles. The van der Waals surface area contributed by atoms with Crippen LogP contribution in [0.25, 0.3) is 0 Å². The Morgan fingerprint density at radius 3 is 2.72 bits per heavy atom. The summed E-state index contributed by atoms with van der Waals surface area (Å²) in [5.74, 6) is 0.213. The van der Waals surface area contributed by atoms with Crippen LogP contribution in [0.3, 0.4) is 0 Å². The molecule has 0 aliphatic carbocycles. The third kappa shape index (κ3) is 3.53. The zero-order valence-corrected chi connectivity index (χ0v) is 16.0. The first-order chi connectivity index (χ1) is 11.7. The topological polar surface area (TPSA) is 53.0 Å². The predicted octanol–water partition coefficient (Wildman–Crippen LogP) is 2.83. The van der Waals surface area contributed by atoms with Gasteiger partial charge in [0.05, 0.1) is 6.61 Å². The van der Waals surface area contributed by atoms with Gasteiger partial charge >= 0.3 is 5.97 Å². The molecule has 25 heavy (non-hydrogen) atoms. The van der Waals surface area contributed by atoms with Gasteiger partial charge in [-0.05, 0) is 24.6 Å². The molecule has 5 nitrogen and oxygen atoms in total. The van der Waals surface area contributed by atoms with Crippen molar-refractivity contribution in [3.05, 3.63) is 28.8 Å². The number of carboxylic acid groups (broad SMARTS) is 1. The van der Waals surface area contributed by atoms with Crippen molar-refractivity contribution in [3.63, 3.8) is 0 Å². The van der Waals surface area contributed by atoms with E-state index < -0.39 is 5.97 Å². The number of carbonyl (C=O) groups is 1. The van der Waals surface area contributed by atoms with Gasteiger partial charge in [0.1, 0.15) is 11.3 Å². The first-order valence-electron chi connectivity index (χ1n) is 9.15. The van der Waals surface area contributed by atoms with E-state index in [4.69, 9.17) is 4.74 Å². The third-order valence-electron chi connectivity index (χ3n) is 5.58. The van der Waals surface area contributed by atoms with E-state index in [1.165, 1.54) is 0 Å². The van der Waals surface area contributed by atoms with Gasteiger partial charge in [-0.2, -0.15) is 0 Å². The molecule has 0 radical (unpaired) electrons. The van der Waals surface area contributed by atoms with Gasteiger partial charge in [-0.15, -0.1) is 0 Å². The van der Waals surface area contributed by atoms with E-state index in [2.05, 4.69) is 50.6 Å². The van der Waals surface area contributed by atoms with Gasteiger partial charge < -0.3 is 14.7 Å². The summed E-state index contributed by atoms with van der Waals surface area (Å²) in [6, 6.07) is 4.45. The maximum Gasteiger partial charge on any atom is 0.339 e. The Kier molecular flexibility index (Phi) is 4.82. The highest BCUT2D eigenvalue weighted by Gasteiger charge is 2.36. The summed E-state index contributed by atoms with van der Waals surface area (Å²) < 4.78 is 5.72. The van der Waals surface area contributed by atoms with Gasteiger partial charge in [-0.1, -0.05) is 33.8 Å². The number of piperazine rings is 1.